The topological polar surface area (TPSA) is 38.3 Å². The summed E-state index contributed by atoms with van der Waals surface area (Å²) in [6.07, 6.45) is 0. The van der Waals surface area contributed by atoms with Gasteiger partial charge in [-0.25, -0.2) is 0 Å². The standard InChI is InChI=1S/C26H23NO2S/c1-18-16-23(26(30-18)20-12-7-4-8-13-20)25(28)24(19-10-5-3-6-11-19)27-21-14-9-15-22(17-21)29-2/h3-17,24,27H,1-2H3. The van der Waals surface area contributed by atoms with Crippen molar-refractivity contribution in [2.24, 2.45) is 0 Å². The van der Waals surface area contributed by atoms with E-state index in [4.69, 9.17) is 4.74 Å². The maximum atomic E-state index is 13.8. The second kappa shape index (κ2) is 8.97. The molecule has 4 rings (SSSR count). The molecule has 3 nitrogen and oxygen atoms in total. The summed E-state index contributed by atoms with van der Waals surface area (Å²) in [5, 5.41) is 3.43. The smallest absolute Gasteiger partial charge is 0.191 e. The average Bonchev–Trinajstić information content (AvgIpc) is 3.20. The maximum Gasteiger partial charge on any atom is 0.191 e. The van der Waals surface area contributed by atoms with Crippen molar-refractivity contribution in [3.8, 4) is 16.2 Å². The Morgan fingerprint density at radius 3 is 2.30 bits per heavy atom. The Kier molecular flexibility index (Phi) is 5.96. The highest BCUT2D eigenvalue weighted by Gasteiger charge is 2.26. The second-order valence-electron chi connectivity index (χ2n) is 7.05. The van der Waals surface area contributed by atoms with Gasteiger partial charge >= 0.3 is 0 Å². The zero-order valence-corrected chi connectivity index (χ0v) is 17.8. The van der Waals surface area contributed by atoms with E-state index >= 15 is 0 Å². The quantitative estimate of drug-likeness (QED) is 0.340. The van der Waals surface area contributed by atoms with Crippen molar-refractivity contribution in [1.29, 1.82) is 0 Å². The minimum Gasteiger partial charge on any atom is -0.497 e. The number of hydrogen-bond donors (Lipinski definition) is 1. The lowest BCUT2D eigenvalue weighted by Crippen LogP contribution is -2.21. The van der Waals surface area contributed by atoms with Crippen molar-refractivity contribution in [3.05, 3.63) is 107 Å². The molecule has 1 aromatic heterocycles. The number of ketones is 1. The van der Waals surface area contributed by atoms with E-state index in [0.29, 0.717) is 0 Å². The molecule has 30 heavy (non-hydrogen) atoms. The van der Waals surface area contributed by atoms with E-state index in [0.717, 1.165) is 37.9 Å². The highest BCUT2D eigenvalue weighted by Crippen LogP contribution is 2.36. The zero-order chi connectivity index (χ0) is 20.9. The average molecular weight is 414 g/mol. The van der Waals surface area contributed by atoms with Crippen LogP contribution in [-0.4, -0.2) is 12.9 Å². The maximum absolute atomic E-state index is 13.8. The van der Waals surface area contributed by atoms with E-state index in [1.807, 2.05) is 85.8 Å². The Morgan fingerprint density at radius 2 is 1.60 bits per heavy atom. The number of hydrogen-bond acceptors (Lipinski definition) is 4. The molecular weight excluding hydrogens is 390 g/mol. The molecule has 0 aliphatic heterocycles. The molecule has 1 N–H and O–H groups in total. The van der Waals surface area contributed by atoms with Crippen LogP contribution in [0.2, 0.25) is 0 Å². The van der Waals surface area contributed by atoms with Crippen LogP contribution in [0.4, 0.5) is 5.69 Å². The van der Waals surface area contributed by atoms with E-state index in [-0.39, 0.29) is 5.78 Å². The molecule has 1 heterocycles. The third-order valence-electron chi connectivity index (χ3n) is 4.93. The van der Waals surface area contributed by atoms with Gasteiger partial charge in [0.2, 0.25) is 0 Å². The van der Waals surface area contributed by atoms with Crippen LogP contribution in [0.25, 0.3) is 10.4 Å². The van der Waals surface area contributed by atoms with Crippen molar-refractivity contribution >= 4 is 22.8 Å². The van der Waals surface area contributed by atoms with Crippen LogP contribution in [0.3, 0.4) is 0 Å². The second-order valence-corrected chi connectivity index (χ2v) is 8.31. The number of rotatable bonds is 7. The summed E-state index contributed by atoms with van der Waals surface area (Å²) >= 11 is 1.65. The predicted octanol–water partition coefficient (Wildman–Crippen LogP) is 6.77. The molecule has 3 aromatic carbocycles. The van der Waals surface area contributed by atoms with Gasteiger partial charge < -0.3 is 10.1 Å². The summed E-state index contributed by atoms with van der Waals surface area (Å²) in [5.41, 5.74) is 3.57. The molecule has 0 amide bonds. The number of nitrogens with one attached hydrogen (secondary N) is 1. The highest BCUT2D eigenvalue weighted by atomic mass is 32.1. The summed E-state index contributed by atoms with van der Waals surface area (Å²) in [7, 11) is 1.64. The summed E-state index contributed by atoms with van der Waals surface area (Å²) in [6.45, 7) is 2.04. The van der Waals surface area contributed by atoms with Gasteiger partial charge in [0.1, 0.15) is 11.8 Å². The van der Waals surface area contributed by atoms with Gasteiger partial charge in [-0.1, -0.05) is 66.7 Å². The molecular formula is C26H23NO2S. The van der Waals surface area contributed by atoms with E-state index in [1.165, 1.54) is 0 Å². The molecule has 4 aromatic rings. The normalized spacial score (nSPS) is 11.7. The number of methoxy groups -OCH3 is 1. The number of carbonyl (C=O) groups excluding carboxylic acids is 1. The van der Waals surface area contributed by atoms with Gasteiger partial charge in [-0.2, -0.15) is 0 Å². The Hall–Kier alpha value is -3.37. The Morgan fingerprint density at radius 1 is 0.900 bits per heavy atom. The number of anilines is 1. The van der Waals surface area contributed by atoms with Gasteiger partial charge in [-0.15, -0.1) is 11.3 Å². The summed E-state index contributed by atoms with van der Waals surface area (Å²) in [4.78, 5) is 15.9. The number of Topliss-reactive ketones (excluding diaryl/α,β-unsaturated/α-hetero) is 1. The minimum atomic E-state index is -0.505. The predicted molar refractivity (Wildman–Crippen MR) is 125 cm³/mol. The molecule has 0 aliphatic carbocycles. The fraction of sp³-hybridized carbons (Fsp3) is 0.115. The van der Waals surface area contributed by atoms with Gasteiger partial charge in [0.15, 0.2) is 5.78 Å². The van der Waals surface area contributed by atoms with Gasteiger partial charge in [-0.05, 0) is 36.2 Å². The van der Waals surface area contributed by atoms with Crippen LogP contribution >= 0.6 is 11.3 Å². The molecule has 1 unspecified atom stereocenters. The third kappa shape index (κ3) is 4.29. The van der Waals surface area contributed by atoms with Crippen LogP contribution in [0.5, 0.6) is 5.75 Å². The number of ether oxygens (including phenoxy) is 1. The van der Waals surface area contributed by atoms with Crippen LogP contribution in [0.1, 0.15) is 26.8 Å². The first-order valence-electron chi connectivity index (χ1n) is 9.81. The largest absolute Gasteiger partial charge is 0.497 e. The lowest BCUT2D eigenvalue weighted by atomic mass is 9.95. The Bertz CT molecular complexity index is 1140. The van der Waals surface area contributed by atoms with E-state index in [2.05, 4.69) is 17.4 Å². The molecule has 0 bridgehead atoms. The minimum absolute atomic E-state index is 0.0484. The zero-order valence-electron chi connectivity index (χ0n) is 17.0. The van der Waals surface area contributed by atoms with E-state index in [9.17, 15) is 4.79 Å². The lowest BCUT2D eigenvalue weighted by molar-refractivity contribution is 0.0970. The van der Waals surface area contributed by atoms with Crippen molar-refractivity contribution in [2.45, 2.75) is 13.0 Å². The Labute approximate surface area is 181 Å². The lowest BCUT2D eigenvalue weighted by Gasteiger charge is -2.20. The van der Waals surface area contributed by atoms with Crippen LogP contribution in [0.15, 0.2) is 91.0 Å². The first kappa shape index (κ1) is 19.9. The molecule has 0 saturated heterocycles. The molecule has 1 atom stereocenters. The molecule has 0 spiro atoms. The van der Waals surface area contributed by atoms with Gasteiger partial charge in [0, 0.05) is 27.1 Å². The van der Waals surface area contributed by atoms with E-state index in [1.54, 1.807) is 18.4 Å². The van der Waals surface area contributed by atoms with Crippen molar-refractivity contribution < 1.29 is 9.53 Å². The first-order valence-corrected chi connectivity index (χ1v) is 10.6. The number of benzene rings is 3. The third-order valence-corrected chi connectivity index (χ3v) is 6.03. The van der Waals surface area contributed by atoms with E-state index < -0.39 is 6.04 Å². The highest BCUT2D eigenvalue weighted by molar-refractivity contribution is 7.15. The summed E-state index contributed by atoms with van der Waals surface area (Å²) in [6, 6.07) is 29.1. The molecule has 150 valence electrons. The summed E-state index contributed by atoms with van der Waals surface area (Å²) in [5.74, 6) is 0.794. The monoisotopic (exact) mass is 413 g/mol. The fourth-order valence-corrected chi connectivity index (χ4v) is 4.50. The van der Waals surface area contributed by atoms with Gasteiger partial charge in [0.05, 0.1) is 7.11 Å². The molecule has 0 radical (unpaired) electrons. The summed E-state index contributed by atoms with van der Waals surface area (Å²) < 4.78 is 5.34. The molecule has 0 saturated carbocycles. The van der Waals surface area contributed by atoms with Crippen molar-refractivity contribution in [2.75, 3.05) is 12.4 Å². The molecule has 0 aliphatic rings. The van der Waals surface area contributed by atoms with Crippen LogP contribution in [-0.2, 0) is 0 Å². The molecule has 0 fully saturated rings. The van der Waals surface area contributed by atoms with Crippen molar-refractivity contribution in [3.63, 3.8) is 0 Å². The number of thiophene rings is 1. The van der Waals surface area contributed by atoms with Crippen LogP contribution in [0, 0.1) is 6.92 Å². The molecule has 4 heteroatoms. The fourth-order valence-electron chi connectivity index (χ4n) is 3.48. The number of aryl methyl sites for hydroxylation is 1. The van der Waals surface area contributed by atoms with Gasteiger partial charge in [0.25, 0.3) is 0 Å². The number of carbonyl (C=O) groups is 1. The van der Waals surface area contributed by atoms with Crippen LogP contribution < -0.4 is 10.1 Å². The SMILES string of the molecule is COc1cccc(NC(C(=O)c2cc(C)sc2-c2ccccc2)c2ccccc2)c1. The Balaban J connectivity index is 1.76. The first-order chi connectivity index (χ1) is 14.7. The van der Waals surface area contributed by atoms with Gasteiger partial charge in [-0.3, -0.25) is 4.79 Å². The van der Waals surface area contributed by atoms with Crippen molar-refractivity contribution in [1.82, 2.24) is 0 Å².